The zero-order chi connectivity index (χ0) is 17.9. The van der Waals surface area contributed by atoms with Gasteiger partial charge in [-0.1, -0.05) is 60.7 Å². The highest BCUT2D eigenvalue weighted by Crippen LogP contribution is 2.41. The lowest BCUT2D eigenvalue weighted by atomic mass is 9.69. The first kappa shape index (κ1) is 16.6. The largest absolute Gasteiger partial charge is 0.377 e. The molecular weight excluding hydrogens is 324 g/mol. The second-order valence-electron chi connectivity index (χ2n) is 6.97. The molecule has 4 atom stereocenters. The third-order valence-electron chi connectivity index (χ3n) is 5.38. The quantitative estimate of drug-likeness (QED) is 0.656. The van der Waals surface area contributed by atoms with Crippen molar-refractivity contribution in [1.29, 1.82) is 0 Å². The van der Waals surface area contributed by atoms with Crippen molar-refractivity contribution < 1.29 is 9.59 Å². The number of allylic oxidation sites excluding steroid dienone is 2. The number of carbonyl (C=O) groups excluding carboxylic acids is 2. The Morgan fingerprint density at radius 3 is 2.35 bits per heavy atom. The molecule has 1 saturated heterocycles. The summed E-state index contributed by atoms with van der Waals surface area (Å²) < 4.78 is 0. The molecule has 0 spiro atoms. The van der Waals surface area contributed by atoms with Crippen LogP contribution >= 0.6 is 0 Å². The number of hydrogen-bond donors (Lipinski definition) is 2. The molecule has 1 aliphatic carbocycles. The monoisotopic (exact) mass is 346 g/mol. The van der Waals surface area contributed by atoms with Gasteiger partial charge in [-0.2, -0.15) is 0 Å². The molecule has 2 amide bonds. The molecule has 0 aromatic heterocycles. The van der Waals surface area contributed by atoms with Crippen molar-refractivity contribution in [3.8, 4) is 0 Å². The van der Waals surface area contributed by atoms with E-state index in [2.05, 4.69) is 22.8 Å². The van der Waals surface area contributed by atoms with Crippen molar-refractivity contribution in [2.75, 3.05) is 5.32 Å². The third kappa shape index (κ3) is 3.15. The van der Waals surface area contributed by atoms with Gasteiger partial charge in [-0.3, -0.25) is 14.9 Å². The summed E-state index contributed by atoms with van der Waals surface area (Å²) in [6.45, 7) is 0. The Balaban J connectivity index is 1.74. The summed E-state index contributed by atoms with van der Waals surface area (Å²) in [7, 11) is 0. The number of fused-ring (bicyclic) bond motifs is 1. The van der Waals surface area contributed by atoms with Gasteiger partial charge >= 0.3 is 0 Å². The van der Waals surface area contributed by atoms with Gasteiger partial charge in [-0.15, -0.1) is 0 Å². The number of carbonyl (C=O) groups is 2. The number of rotatable bonds is 4. The van der Waals surface area contributed by atoms with Gasteiger partial charge in [0.25, 0.3) is 0 Å². The summed E-state index contributed by atoms with van der Waals surface area (Å²) in [5.74, 6) is -0.873. The molecule has 0 bridgehead atoms. The maximum absolute atomic E-state index is 12.9. The standard InChI is InChI=1S/C22H22N2O2/c25-21-18-14-8-7-13-17(18)19(22(26)24-21)20(15-9-3-1-4-10-15)23-16-11-5-2-6-12-16/h1-7,9-13,17-20,23H,8,14H2,(H,24,25,26)/t17-,18?,19+,20+/m0/s1. The first-order valence-corrected chi connectivity index (χ1v) is 9.12. The Kier molecular flexibility index (Phi) is 4.57. The van der Waals surface area contributed by atoms with Crippen LogP contribution in [-0.4, -0.2) is 11.8 Å². The van der Waals surface area contributed by atoms with E-state index in [9.17, 15) is 9.59 Å². The minimum atomic E-state index is -0.336. The average Bonchev–Trinajstić information content (AvgIpc) is 2.69. The SMILES string of the molecule is O=C1NC(=O)[C@@H]([C@H](Nc2ccccc2)c2ccccc2)[C@H]2C=CCCC12. The van der Waals surface area contributed by atoms with Gasteiger partial charge < -0.3 is 5.32 Å². The van der Waals surface area contributed by atoms with E-state index in [1.54, 1.807) is 0 Å². The molecule has 2 aromatic rings. The fraction of sp³-hybridized carbons (Fsp3) is 0.273. The van der Waals surface area contributed by atoms with Crippen LogP contribution in [0.4, 0.5) is 5.69 Å². The molecule has 2 aromatic carbocycles. The molecular formula is C22H22N2O2. The van der Waals surface area contributed by atoms with Crippen molar-refractivity contribution in [2.24, 2.45) is 17.8 Å². The van der Waals surface area contributed by atoms with Crippen LogP contribution in [0.15, 0.2) is 72.8 Å². The van der Waals surface area contributed by atoms with Crippen LogP contribution in [-0.2, 0) is 9.59 Å². The summed E-state index contributed by atoms with van der Waals surface area (Å²) in [5, 5.41) is 6.15. The van der Waals surface area contributed by atoms with E-state index in [4.69, 9.17) is 0 Å². The number of anilines is 1. The van der Waals surface area contributed by atoms with Crippen molar-refractivity contribution in [2.45, 2.75) is 18.9 Å². The van der Waals surface area contributed by atoms with Gasteiger partial charge in [0.15, 0.2) is 0 Å². The highest BCUT2D eigenvalue weighted by Gasteiger charge is 2.46. The number of piperidine rings is 1. The van der Waals surface area contributed by atoms with Crippen LogP contribution in [0, 0.1) is 17.8 Å². The van der Waals surface area contributed by atoms with E-state index in [-0.39, 0.29) is 35.6 Å². The summed E-state index contributed by atoms with van der Waals surface area (Å²) in [6, 6.07) is 19.7. The zero-order valence-corrected chi connectivity index (χ0v) is 14.5. The Morgan fingerprint density at radius 2 is 1.62 bits per heavy atom. The molecule has 4 heteroatoms. The summed E-state index contributed by atoms with van der Waals surface area (Å²) >= 11 is 0. The molecule has 2 aliphatic rings. The average molecular weight is 346 g/mol. The lowest BCUT2D eigenvalue weighted by Crippen LogP contribution is -2.54. The summed E-state index contributed by atoms with van der Waals surface area (Å²) in [5.41, 5.74) is 2.01. The lowest BCUT2D eigenvalue weighted by molar-refractivity contribution is -0.143. The highest BCUT2D eigenvalue weighted by molar-refractivity contribution is 6.01. The summed E-state index contributed by atoms with van der Waals surface area (Å²) in [6.07, 6.45) is 5.85. The topological polar surface area (TPSA) is 58.2 Å². The van der Waals surface area contributed by atoms with E-state index < -0.39 is 0 Å². The van der Waals surface area contributed by atoms with Gasteiger partial charge in [0.2, 0.25) is 11.8 Å². The number of para-hydroxylation sites is 1. The number of nitrogens with one attached hydrogen (secondary N) is 2. The smallest absolute Gasteiger partial charge is 0.232 e. The first-order chi connectivity index (χ1) is 12.7. The molecule has 1 heterocycles. The second-order valence-corrected chi connectivity index (χ2v) is 6.97. The van der Waals surface area contributed by atoms with Crippen molar-refractivity contribution in [1.82, 2.24) is 5.32 Å². The van der Waals surface area contributed by atoms with E-state index in [1.807, 2.05) is 60.7 Å². The van der Waals surface area contributed by atoms with Crippen LogP contribution in [0.2, 0.25) is 0 Å². The zero-order valence-electron chi connectivity index (χ0n) is 14.5. The van der Waals surface area contributed by atoms with Gasteiger partial charge in [-0.25, -0.2) is 0 Å². The van der Waals surface area contributed by atoms with Gasteiger partial charge in [0.1, 0.15) is 0 Å². The van der Waals surface area contributed by atoms with E-state index in [0.717, 1.165) is 24.1 Å². The lowest BCUT2D eigenvalue weighted by Gasteiger charge is -2.41. The van der Waals surface area contributed by atoms with E-state index in [0.29, 0.717) is 0 Å². The molecule has 26 heavy (non-hydrogen) atoms. The maximum Gasteiger partial charge on any atom is 0.232 e. The maximum atomic E-state index is 12.9. The second kappa shape index (κ2) is 7.16. The van der Waals surface area contributed by atoms with Gasteiger partial charge in [-0.05, 0) is 30.5 Å². The third-order valence-corrected chi connectivity index (χ3v) is 5.38. The Labute approximate surface area is 153 Å². The Hall–Kier alpha value is -2.88. The Morgan fingerprint density at radius 1 is 0.923 bits per heavy atom. The minimum absolute atomic E-state index is 0.0774. The van der Waals surface area contributed by atoms with Gasteiger partial charge in [0, 0.05) is 17.5 Å². The predicted molar refractivity (Wildman–Crippen MR) is 101 cm³/mol. The molecule has 2 N–H and O–H groups in total. The highest BCUT2D eigenvalue weighted by atomic mass is 16.2. The fourth-order valence-corrected chi connectivity index (χ4v) is 4.13. The van der Waals surface area contributed by atoms with Gasteiger partial charge in [0.05, 0.1) is 12.0 Å². The van der Waals surface area contributed by atoms with Crippen LogP contribution in [0.3, 0.4) is 0 Å². The molecule has 4 nitrogen and oxygen atoms in total. The predicted octanol–water partition coefficient (Wildman–Crippen LogP) is 3.69. The van der Waals surface area contributed by atoms with Crippen LogP contribution in [0.25, 0.3) is 0 Å². The molecule has 0 saturated carbocycles. The van der Waals surface area contributed by atoms with Crippen LogP contribution < -0.4 is 10.6 Å². The molecule has 1 unspecified atom stereocenters. The van der Waals surface area contributed by atoms with Crippen molar-refractivity contribution in [3.63, 3.8) is 0 Å². The van der Waals surface area contributed by atoms with E-state index in [1.165, 1.54) is 0 Å². The molecule has 1 fully saturated rings. The van der Waals surface area contributed by atoms with Crippen molar-refractivity contribution in [3.05, 3.63) is 78.4 Å². The number of imide groups is 1. The summed E-state index contributed by atoms with van der Waals surface area (Å²) in [4.78, 5) is 25.2. The normalized spacial score (nSPS) is 25.9. The molecule has 132 valence electrons. The minimum Gasteiger partial charge on any atom is -0.377 e. The first-order valence-electron chi connectivity index (χ1n) is 9.12. The fourth-order valence-electron chi connectivity index (χ4n) is 4.13. The van der Waals surface area contributed by atoms with Crippen molar-refractivity contribution >= 4 is 17.5 Å². The molecule has 1 aliphatic heterocycles. The number of benzene rings is 2. The van der Waals surface area contributed by atoms with Crippen LogP contribution in [0.1, 0.15) is 24.4 Å². The van der Waals surface area contributed by atoms with Crippen LogP contribution in [0.5, 0.6) is 0 Å². The Bertz CT molecular complexity index is 817. The van der Waals surface area contributed by atoms with E-state index >= 15 is 0 Å². The number of amides is 2. The molecule has 4 rings (SSSR count). The molecule has 0 radical (unpaired) electrons. The number of hydrogen-bond acceptors (Lipinski definition) is 3.